The molecule has 80 valence electrons. The second-order valence-electron chi connectivity index (χ2n) is 2.55. The third kappa shape index (κ3) is 3.24. The summed E-state index contributed by atoms with van der Waals surface area (Å²) in [5, 5.41) is 10.6. The Morgan fingerprint density at radius 2 is 2.00 bits per heavy atom. The zero-order chi connectivity index (χ0) is 11.3. The maximum absolute atomic E-state index is 10.6. The molecule has 0 aliphatic carbocycles. The van der Waals surface area contributed by atoms with Crippen molar-refractivity contribution in [3.8, 4) is 0 Å². The van der Waals surface area contributed by atoms with Crippen LogP contribution in [0.5, 0.6) is 0 Å². The molecular weight excluding hydrogens is 204 g/mol. The SMILES string of the molecule is NC(=O)OOC(c1ccccc1)[N+](=O)[O-]. The summed E-state index contributed by atoms with van der Waals surface area (Å²) < 4.78 is 0. The van der Waals surface area contributed by atoms with Crippen LogP contribution in [0.25, 0.3) is 0 Å². The minimum absolute atomic E-state index is 0.253. The van der Waals surface area contributed by atoms with Crippen LogP contribution in [-0.4, -0.2) is 11.0 Å². The molecule has 0 saturated carbocycles. The molecule has 0 radical (unpaired) electrons. The van der Waals surface area contributed by atoms with Crippen LogP contribution in [0.1, 0.15) is 11.8 Å². The molecule has 0 bridgehead atoms. The van der Waals surface area contributed by atoms with Gasteiger partial charge in [-0.3, -0.25) is 15.0 Å². The highest BCUT2D eigenvalue weighted by Crippen LogP contribution is 2.17. The highest BCUT2D eigenvalue weighted by Gasteiger charge is 2.25. The third-order valence-electron chi connectivity index (χ3n) is 1.50. The Bertz CT molecular complexity index is 353. The van der Waals surface area contributed by atoms with Crippen molar-refractivity contribution < 1.29 is 19.5 Å². The highest BCUT2D eigenvalue weighted by molar-refractivity contribution is 5.63. The van der Waals surface area contributed by atoms with E-state index in [0.29, 0.717) is 0 Å². The monoisotopic (exact) mass is 212 g/mol. The van der Waals surface area contributed by atoms with Crippen molar-refractivity contribution in [3.05, 3.63) is 46.0 Å². The maximum atomic E-state index is 10.6. The molecule has 0 aliphatic rings. The molecule has 0 spiro atoms. The van der Waals surface area contributed by atoms with Crippen LogP contribution in [0, 0.1) is 10.1 Å². The standard InChI is InChI=1S/C8H8N2O5/c9-8(11)15-14-7(10(12)13)6-4-2-1-3-5-6/h1-5,7H,(H2,9,11). The van der Waals surface area contributed by atoms with Gasteiger partial charge in [0.05, 0.1) is 10.5 Å². The van der Waals surface area contributed by atoms with Crippen LogP contribution in [0.4, 0.5) is 4.79 Å². The minimum Gasteiger partial charge on any atom is -0.333 e. The van der Waals surface area contributed by atoms with Crippen molar-refractivity contribution in [2.24, 2.45) is 5.73 Å². The zero-order valence-corrected chi connectivity index (χ0v) is 7.53. The number of nitrogens with zero attached hydrogens (tertiary/aromatic N) is 1. The molecular formula is C8H8N2O5. The molecule has 15 heavy (non-hydrogen) atoms. The minimum atomic E-state index is -1.57. The number of hydrogen-bond acceptors (Lipinski definition) is 5. The van der Waals surface area contributed by atoms with E-state index in [0.717, 1.165) is 0 Å². The first-order valence-electron chi connectivity index (χ1n) is 3.92. The van der Waals surface area contributed by atoms with E-state index in [1.165, 1.54) is 12.1 Å². The number of carbonyl (C=O) groups excluding carboxylic acids is 1. The van der Waals surface area contributed by atoms with Gasteiger partial charge in [-0.1, -0.05) is 23.1 Å². The summed E-state index contributed by atoms with van der Waals surface area (Å²) in [6, 6.07) is 7.82. The van der Waals surface area contributed by atoms with E-state index >= 15 is 0 Å². The number of rotatable bonds is 4. The summed E-state index contributed by atoms with van der Waals surface area (Å²) in [5.41, 5.74) is 4.86. The molecule has 2 N–H and O–H groups in total. The van der Waals surface area contributed by atoms with E-state index in [2.05, 4.69) is 15.5 Å². The van der Waals surface area contributed by atoms with Crippen molar-refractivity contribution in [1.82, 2.24) is 0 Å². The van der Waals surface area contributed by atoms with Crippen LogP contribution >= 0.6 is 0 Å². The van der Waals surface area contributed by atoms with Crippen molar-refractivity contribution in [2.45, 2.75) is 6.23 Å². The van der Waals surface area contributed by atoms with E-state index < -0.39 is 17.2 Å². The first-order valence-corrected chi connectivity index (χ1v) is 3.92. The number of benzene rings is 1. The van der Waals surface area contributed by atoms with Crippen molar-refractivity contribution >= 4 is 6.09 Å². The maximum Gasteiger partial charge on any atom is 0.436 e. The van der Waals surface area contributed by atoms with Crippen LogP contribution in [0.2, 0.25) is 0 Å². The van der Waals surface area contributed by atoms with Gasteiger partial charge in [0, 0.05) is 0 Å². The Morgan fingerprint density at radius 1 is 1.40 bits per heavy atom. The van der Waals surface area contributed by atoms with Crippen LogP contribution in [0.15, 0.2) is 30.3 Å². The average molecular weight is 212 g/mol. The van der Waals surface area contributed by atoms with Crippen LogP contribution in [-0.2, 0) is 9.78 Å². The van der Waals surface area contributed by atoms with Gasteiger partial charge >= 0.3 is 12.3 Å². The smallest absolute Gasteiger partial charge is 0.333 e. The van der Waals surface area contributed by atoms with Gasteiger partial charge in [0.15, 0.2) is 0 Å². The third-order valence-corrected chi connectivity index (χ3v) is 1.50. The molecule has 0 aliphatic heterocycles. The predicted molar refractivity (Wildman–Crippen MR) is 47.9 cm³/mol. The molecule has 1 unspecified atom stereocenters. The summed E-state index contributed by atoms with van der Waals surface area (Å²) in [5.74, 6) is 0. The molecule has 7 heteroatoms. The number of carbonyl (C=O) groups is 1. The second-order valence-corrected chi connectivity index (χ2v) is 2.55. The first-order chi connectivity index (χ1) is 7.11. The number of nitro groups is 1. The fraction of sp³-hybridized carbons (Fsp3) is 0.125. The molecule has 1 aromatic rings. The Balaban J connectivity index is 2.75. The van der Waals surface area contributed by atoms with Crippen molar-refractivity contribution in [2.75, 3.05) is 0 Å². The average Bonchev–Trinajstić information content (AvgIpc) is 2.18. The molecule has 0 fully saturated rings. The van der Waals surface area contributed by atoms with E-state index in [1.807, 2.05) is 0 Å². The van der Waals surface area contributed by atoms with Gasteiger partial charge in [-0.05, 0) is 12.1 Å². The summed E-state index contributed by atoms with van der Waals surface area (Å²) in [6.07, 6.45) is -2.81. The van der Waals surface area contributed by atoms with Gasteiger partial charge < -0.3 is 5.73 Å². The normalized spacial score (nSPS) is 11.7. The van der Waals surface area contributed by atoms with Gasteiger partial charge in [0.25, 0.3) is 0 Å². The van der Waals surface area contributed by atoms with Crippen LogP contribution in [0.3, 0.4) is 0 Å². The second kappa shape index (κ2) is 4.91. The first kappa shape index (κ1) is 10.9. The van der Waals surface area contributed by atoms with Gasteiger partial charge in [-0.2, -0.15) is 0 Å². The Morgan fingerprint density at radius 3 is 2.47 bits per heavy atom. The lowest BCUT2D eigenvalue weighted by Crippen LogP contribution is -2.20. The van der Waals surface area contributed by atoms with Gasteiger partial charge in [-0.15, -0.1) is 0 Å². The molecule has 1 rings (SSSR count). The van der Waals surface area contributed by atoms with Gasteiger partial charge in [0.1, 0.15) is 0 Å². The topological polar surface area (TPSA) is 105 Å². The van der Waals surface area contributed by atoms with Crippen molar-refractivity contribution in [1.29, 1.82) is 0 Å². The Kier molecular flexibility index (Phi) is 3.58. The molecule has 1 aromatic carbocycles. The lowest BCUT2D eigenvalue weighted by molar-refractivity contribution is -0.621. The van der Waals surface area contributed by atoms with Crippen molar-refractivity contribution in [3.63, 3.8) is 0 Å². The lowest BCUT2D eigenvalue weighted by atomic mass is 10.2. The van der Waals surface area contributed by atoms with Gasteiger partial charge in [0.2, 0.25) is 0 Å². The molecule has 0 saturated heterocycles. The summed E-state index contributed by atoms with van der Waals surface area (Å²) in [6.45, 7) is 0. The largest absolute Gasteiger partial charge is 0.436 e. The number of nitrogens with two attached hydrogens (primary N) is 1. The lowest BCUT2D eigenvalue weighted by Gasteiger charge is -2.07. The molecule has 0 aromatic heterocycles. The number of hydrogen-bond donors (Lipinski definition) is 1. The molecule has 1 amide bonds. The number of primary amides is 1. The fourth-order valence-electron chi connectivity index (χ4n) is 0.923. The highest BCUT2D eigenvalue weighted by atomic mass is 17.2. The summed E-state index contributed by atoms with van der Waals surface area (Å²) in [7, 11) is 0. The molecule has 7 nitrogen and oxygen atoms in total. The molecule has 0 heterocycles. The number of amides is 1. The Hall–Kier alpha value is -2.15. The Labute approximate surface area is 84.5 Å². The quantitative estimate of drug-likeness (QED) is 0.346. The predicted octanol–water partition coefficient (Wildman–Crippen LogP) is 0.989. The van der Waals surface area contributed by atoms with Crippen LogP contribution < -0.4 is 5.73 Å². The fourth-order valence-corrected chi connectivity index (χ4v) is 0.923. The van der Waals surface area contributed by atoms with Gasteiger partial charge in [-0.25, -0.2) is 4.79 Å². The van der Waals surface area contributed by atoms with E-state index in [9.17, 15) is 14.9 Å². The van der Waals surface area contributed by atoms with E-state index in [4.69, 9.17) is 0 Å². The van der Waals surface area contributed by atoms with E-state index in [1.54, 1.807) is 18.2 Å². The zero-order valence-electron chi connectivity index (χ0n) is 7.53. The summed E-state index contributed by atoms with van der Waals surface area (Å²) >= 11 is 0. The van der Waals surface area contributed by atoms with E-state index in [-0.39, 0.29) is 5.56 Å². The molecule has 1 atom stereocenters. The summed E-state index contributed by atoms with van der Waals surface area (Å²) in [4.78, 5) is 28.2.